The molecule has 0 aliphatic carbocycles. The van der Waals surface area contributed by atoms with Crippen molar-refractivity contribution >= 4 is 0 Å². The van der Waals surface area contributed by atoms with Crippen molar-refractivity contribution in [1.82, 2.24) is 0 Å². The number of aryl methyl sites for hydroxylation is 1. The van der Waals surface area contributed by atoms with Crippen molar-refractivity contribution in [3.63, 3.8) is 0 Å². The average molecular weight is 244 g/mol. The number of terminal acetylenes is 1. The van der Waals surface area contributed by atoms with E-state index in [1.807, 2.05) is 0 Å². The minimum Gasteiger partial charge on any atom is -0.496 e. The zero-order valence-corrected chi connectivity index (χ0v) is 12.3. The maximum Gasteiger partial charge on any atom is 0.122 e. The Balaban J connectivity index is 3.30. The van der Waals surface area contributed by atoms with Crippen LogP contribution in [0.15, 0.2) is 6.07 Å². The number of hydrogen-bond acceptors (Lipinski definition) is 1. The Morgan fingerprint density at radius 1 is 1.28 bits per heavy atom. The first-order chi connectivity index (χ1) is 8.56. The third-order valence-corrected chi connectivity index (χ3v) is 3.74. The Labute approximate surface area is 112 Å². The molecule has 0 saturated heterocycles. The average Bonchev–Trinajstić information content (AvgIpc) is 2.34. The molecule has 0 aliphatic heterocycles. The van der Waals surface area contributed by atoms with Crippen molar-refractivity contribution in [2.45, 2.75) is 52.9 Å². The van der Waals surface area contributed by atoms with Gasteiger partial charge in [0.2, 0.25) is 0 Å². The molecule has 0 radical (unpaired) electrons. The van der Waals surface area contributed by atoms with Crippen molar-refractivity contribution < 1.29 is 4.74 Å². The zero-order valence-electron chi connectivity index (χ0n) is 12.3. The summed E-state index contributed by atoms with van der Waals surface area (Å²) in [7, 11) is 1.73. The summed E-state index contributed by atoms with van der Waals surface area (Å²) in [4.78, 5) is 0. The molecule has 0 heterocycles. The van der Waals surface area contributed by atoms with E-state index >= 15 is 0 Å². The van der Waals surface area contributed by atoms with Crippen LogP contribution in [-0.2, 0) is 0 Å². The van der Waals surface area contributed by atoms with Crippen LogP contribution >= 0.6 is 0 Å². The highest BCUT2D eigenvalue weighted by atomic mass is 16.5. The second kappa shape index (κ2) is 6.50. The summed E-state index contributed by atoms with van der Waals surface area (Å²) in [6.07, 6.45) is 8.65. The molecule has 0 aromatic heterocycles. The fraction of sp³-hybridized carbons (Fsp3) is 0.529. The molecule has 18 heavy (non-hydrogen) atoms. The minimum atomic E-state index is 0.476. The van der Waals surface area contributed by atoms with E-state index in [1.165, 1.54) is 22.3 Å². The van der Waals surface area contributed by atoms with Gasteiger partial charge in [-0.15, -0.1) is 12.3 Å². The first kappa shape index (κ1) is 14.6. The molecule has 1 heteroatoms. The summed E-state index contributed by atoms with van der Waals surface area (Å²) in [6, 6.07) is 2.14. The first-order valence-electron chi connectivity index (χ1n) is 6.64. The molecule has 98 valence electrons. The quantitative estimate of drug-likeness (QED) is 0.692. The van der Waals surface area contributed by atoms with Gasteiger partial charge < -0.3 is 4.74 Å². The maximum absolute atomic E-state index is 5.52. The zero-order chi connectivity index (χ0) is 13.7. The van der Waals surface area contributed by atoms with Crippen LogP contribution in [0.5, 0.6) is 5.75 Å². The molecule has 1 rings (SSSR count). The lowest BCUT2D eigenvalue weighted by molar-refractivity contribution is 0.410. The molecule has 0 aliphatic rings. The van der Waals surface area contributed by atoms with Crippen LogP contribution in [0.4, 0.5) is 0 Å². The maximum atomic E-state index is 5.52. The van der Waals surface area contributed by atoms with Gasteiger partial charge in [-0.1, -0.05) is 13.3 Å². The molecule has 0 fully saturated rings. The molecule has 1 aromatic carbocycles. The smallest absolute Gasteiger partial charge is 0.122 e. The summed E-state index contributed by atoms with van der Waals surface area (Å²) in [5.41, 5.74) is 5.29. The summed E-state index contributed by atoms with van der Waals surface area (Å²) >= 11 is 0. The minimum absolute atomic E-state index is 0.476. The van der Waals surface area contributed by atoms with E-state index in [2.05, 4.69) is 39.7 Å². The van der Waals surface area contributed by atoms with Crippen LogP contribution in [0.3, 0.4) is 0 Å². The summed E-state index contributed by atoms with van der Waals surface area (Å²) < 4.78 is 5.42. The van der Waals surface area contributed by atoms with Crippen LogP contribution < -0.4 is 4.74 Å². The van der Waals surface area contributed by atoms with Crippen LogP contribution in [0.2, 0.25) is 0 Å². The molecular weight excluding hydrogens is 220 g/mol. The molecule has 0 N–H and O–H groups in total. The van der Waals surface area contributed by atoms with E-state index in [0.717, 1.165) is 25.0 Å². The Bertz CT molecular complexity index is 452. The Morgan fingerprint density at radius 3 is 2.44 bits per heavy atom. The van der Waals surface area contributed by atoms with Crippen molar-refractivity contribution in [2.75, 3.05) is 7.11 Å². The van der Waals surface area contributed by atoms with E-state index in [0.29, 0.717) is 5.92 Å². The van der Waals surface area contributed by atoms with Gasteiger partial charge in [-0.25, -0.2) is 0 Å². The summed E-state index contributed by atoms with van der Waals surface area (Å²) in [5, 5.41) is 0. The van der Waals surface area contributed by atoms with Gasteiger partial charge in [0.15, 0.2) is 0 Å². The van der Waals surface area contributed by atoms with E-state index < -0.39 is 0 Å². The first-order valence-corrected chi connectivity index (χ1v) is 6.64. The van der Waals surface area contributed by atoms with Crippen LogP contribution in [0.25, 0.3) is 0 Å². The third-order valence-electron chi connectivity index (χ3n) is 3.74. The van der Waals surface area contributed by atoms with Crippen molar-refractivity contribution in [3.05, 3.63) is 28.3 Å². The number of ether oxygens (including phenoxy) is 1. The van der Waals surface area contributed by atoms with Gasteiger partial charge in [0, 0.05) is 6.42 Å². The molecule has 0 spiro atoms. The second-order valence-corrected chi connectivity index (χ2v) is 4.95. The topological polar surface area (TPSA) is 9.23 Å². The van der Waals surface area contributed by atoms with Gasteiger partial charge in [0.25, 0.3) is 0 Å². The summed E-state index contributed by atoms with van der Waals surface area (Å²) in [6.45, 7) is 8.67. The highest BCUT2D eigenvalue weighted by molar-refractivity contribution is 5.49. The monoisotopic (exact) mass is 244 g/mol. The normalized spacial score (nSPS) is 12.0. The van der Waals surface area contributed by atoms with Crippen LogP contribution in [0, 0.1) is 33.1 Å². The van der Waals surface area contributed by atoms with E-state index in [-0.39, 0.29) is 0 Å². The molecule has 1 unspecified atom stereocenters. The van der Waals surface area contributed by atoms with Crippen LogP contribution in [0.1, 0.15) is 54.4 Å². The van der Waals surface area contributed by atoms with Crippen molar-refractivity contribution in [3.8, 4) is 18.1 Å². The lowest BCUT2D eigenvalue weighted by Crippen LogP contribution is -2.06. The van der Waals surface area contributed by atoms with Gasteiger partial charge in [-0.2, -0.15) is 0 Å². The summed E-state index contributed by atoms with van der Waals surface area (Å²) in [5.74, 6) is 4.28. The molecular formula is C17H24O. The van der Waals surface area contributed by atoms with Gasteiger partial charge in [0.1, 0.15) is 5.75 Å². The van der Waals surface area contributed by atoms with Crippen LogP contribution in [-0.4, -0.2) is 7.11 Å². The highest BCUT2D eigenvalue weighted by Gasteiger charge is 2.18. The fourth-order valence-corrected chi connectivity index (χ4v) is 2.74. The highest BCUT2D eigenvalue weighted by Crippen LogP contribution is 2.35. The number of hydrogen-bond donors (Lipinski definition) is 0. The predicted molar refractivity (Wildman–Crippen MR) is 78.3 cm³/mol. The van der Waals surface area contributed by atoms with E-state index in [9.17, 15) is 0 Å². The SMILES string of the molecule is C#CCC(CCC)c1c(C)cc(OC)c(C)c1C. The Morgan fingerprint density at radius 2 is 1.94 bits per heavy atom. The predicted octanol–water partition coefficient (Wildman–Crippen LogP) is 4.53. The number of benzene rings is 1. The lowest BCUT2D eigenvalue weighted by Gasteiger charge is -2.22. The molecule has 1 nitrogen and oxygen atoms in total. The Kier molecular flexibility index (Phi) is 5.28. The third kappa shape index (κ3) is 2.88. The van der Waals surface area contributed by atoms with Gasteiger partial charge in [-0.05, 0) is 61.4 Å². The van der Waals surface area contributed by atoms with E-state index in [1.54, 1.807) is 7.11 Å². The molecule has 1 atom stereocenters. The molecule has 0 saturated carbocycles. The molecule has 0 bridgehead atoms. The van der Waals surface area contributed by atoms with E-state index in [4.69, 9.17) is 11.2 Å². The standard InChI is InChI=1S/C17H24O/c1-7-9-15(10-8-2)17-12(3)11-16(18-6)13(4)14(17)5/h1,11,15H,8-10H2,2-6H3. The van der Waals surface area contributed by atoms with Crippen molar-refractivity contribution in [2.24, 2.45) is 0 Å². The van der Waals surface area contributed by atoms with Gasteiger partial charge in [-0.3, -0.25) is 0 Å². The van der Waals surface area contributed by atoms with Crippen molar-refractivity contribution in [1.29, 1.82) is 0 Å². The molecule has 1 aromatic rings. The second-order valence-electron chi connectivity index (χ2n) is 4.95. The number of rotatable bonds is 5. The molecule has 0 amide bonds. The fourth-order valence-electron chi connectivity index (χ4n) is 2.74. The van der Waals surface area contributed by atoms with Gasteiger partial charge >= 0.3 is 0 Å². The van der Waals surface area contributed by atoms with Gasteiger partial charge in [0.05, 0.1) is 7.11 Å². The largest absolute Gasteiger partial charge is 0.496 e. The lowest BCUT2D eigenvalue weighted by atomic mass is 9.84. The Hall–Kier alpha value is -1.42. The number of methoxy groups -OCH3 is 1.